The summed E-state index contributed by atoms with van der Waals surface area (Å²) in [5.74, 6) is 0.342. The van der Waals surface area contributed by atoms with Gasteiger partial charge in [0.2, 0.25) is 0 Å². The molecule has 4 rings (SSSR count). The highest BCUT2D eigenvalue weighted by atomic mass is 16.3. The number of benzene rings is 2. The summed E-state index contributed by atoms with van der Waals surface area (Å²) in [6.45, 7) is 0.717. The lowest BCUT2D eigenvalue weighted by atomic mass is 10.2. The molecular weight excluding hydrogens is 250 g/mol. The topological polar surface area (TPSA) is 33.5 Å². The average molecular weight is 263 g/mol. The predicted octanol–water partition coefficient (Wildman–Crippen LogP) is 3.64. The number of amides is 1. The smallest absolute Gasteiger partial charge is 0.294 e. The van der Waals surface area contributed by atoms with Crippen molar-refractivity contribution >= 4 is 22.6 Å². The van der Waals surface area contributed by atoms with Gasteiger partial charge in [0.05, 0.1) is 0 Å². The van der Waals surface area contributed by atoms with Crippen molar-refractivity contribution in [1.29, 1.82) is 0 Å². The molecule has 0 bridgehead atoms. The summed E-state index contributed by atoms with van der Waals surface area (Å²) < 4.78 is 5.67. The van der Waals surface area contributed by atoms with E-state index in [2.05, 4.69) is 6.07 Å². The van der Waals surface area contributed by atoms with Crippen LogP contribution in [0.25, 0.3) is 11.0 Å². The van der Waals surface area contributed by atoms with E-state index in [0.29, 0.717) is 5.76 Å². The molecule has 0 aliphatic carbocycles. The molecule has 2 aromatic carbocycles. The van der Waals surface area contributed by atoms with Crippen LogP contribution in [-0.2, 0) is 6.42 Å². The Morgan fingerprint density at radius 2 is 1.85 bits per heavy atom. The Morgan fingerprint density at radius 3 is 2.75 bits per heavy atom. The SMILES string of the molecule is O=C(c1cc2ccccc2o1)N1CCc2ccccc21. The highest BCUT2D eigenvalue weighted by Crippen LogP contribution is 2.30. The average Bonchev–Trinajstić information content (AvgIpc) is 3.10. The second kappa shape index (κ2) is 4.23. The molecule has 20 heavy (non-hydrogen) atoms. The monoisotopic (exact) mass is 263 g/mol. The van der Waals surface area contributed by atoms with Crippen LogP contribution >= 0.6 is 0 Å². The first-order valence-electron chi connectivity index (χ1n) is 6.71. The minimum Gasteiger partial charge on any atom is -0.451 e. The number of fused-ring (bicyclic) bond motifs is 2. The fraction of sp³-hybridized carbons (Fsp3) is 0.118. The van der Waals surface area contributed by atoms with Crippen molar-refractivity contribution in [3.63, 3.8) is 0 Å². The van der Waals surface area contributed by atoms with Gasteiger partial charge in [0.15, 0.2) is 5.76 Å². The molecule has 1 amide bonds. The Bertz CT molecular complexity index is 770. The van der Waals surface area contributed by atoms with Gasteiger partial charge in [-0.25, -0.2) is 0 Å². The first kappa shape index (κ1) is 11.3. The number of carbonyl (C=O) groups is 1. The summed E-state index contributed by atoms with van der Waals surface area (Å²) in [5, 5.41) is 0.961. The van der Waals surface area contributed by atoms with Crippen molar-refractivity contribution in [3.05, 3.63) is 65.9 Å². The van der Waals surface area contributed by atoms with Crippen LogP contribution in [0.1, 0.15) is 16.1 Å². The lowest BCUT2D eigenvalue weighted by Crippen LogP contribution is -2.28. The zero-order valence-corrected chi connectivity index (χ0v) is 10.9. The van der Waals surface area contributed by atoms with E-state index in [1.165, 1.54) is 5.56 Å². The van der Waals surface area contributed by atoms with Gasteiger partial charge in [-0.2, -0.15) is 0 Å². The third-order valence-electron chi connectivity index (χ3n) is 3.77. The zero-order chi connectivity index (χ0) is 13.5. The van der Waals surface area contributed by atoms with Gasteiger partial charge in [-0.05, 0) is 30.2 Å². The van der Waals surface area contributed by atoms with Crippen molar-refractivity contribution in [1.82, 2.24) is 0 Å². The predicted molar refractivity (Wildman–Crippen MR) is 78.0 cm³/mol. The fourth-order valence-electron chi connectivity index (χ4n) is 2.77. The molecule has 3 nitrogen and oxygen atoms in total. The number of nitrogens with zero attached hydrogens (tertiary/aromatic N) is 1. The van der Waals surface area contributed by atoms with Gasteiger partial charge in [0, 0.05) is 17.6 Å². The Balaban J connectivity index is 1.74. The van der Waals surface area contributed by atoms with Crippen LogP contribution in [0, 0.1) is 0 Å². The van der Waals surface area contributed by atoms with Gasteiger partial charge in [-0.1, -0.05) is 36.4 Å². The zero-order valence-electron chi connectivity index (χ0n) is 10.9. The van der Waals surface area contributed by atoms with E-state index in [1.54, 1.807) is 4.90 Å². The number of para-hydroxylation sites is 2. The van der Waals surface area contributed by atoms with E-state index in [1.807, 2.05) is 48.5 Å². The van der Waals surface area contributed by atoms with E-state index in [0.717, 1.165) is 29.6 Å². The van der Waals surface area contributed by atoms with Gasteiger partial charge >= 0.3 is 0 Å². The minimum atomic E-state index is -0.0637. The summed E-state index contributed by atoms with van der Waals surface area (Å²) in [5.41, 5.74) is 2.97. The molecule has 98 valence electrons. The third-order valence-corrected chi connectivity index (χ3v) is 3.77. The molecule has 0 radical (unpaired) electrons. The molecular formula is C17H13NO2. The van der Waals surface area contributed by atoms with Crippen molar-refractivity contribution in [3.8, 4) is 0 Å². The van der Waals surface area contributed by atoms with Gasteiger partial charge in [0.1, 0.15) is 5.58 Å². The number of carbonyl (C=O) groups excluding carboxylic acids is 1. The summed E-state index contributed by atoms with van der Waals surface area (Å²) in [6.07, 6.45) is 0.905. The summed E-state index contributed by atoms with van der Waals surface area (Å²) in [6, 6.07) is 17.5. The second-order valence-corrected chi connectivity index (χ2v) is 4.98. The molecule has 2 heterocycles. The van der Waals surface area contributed by atoms with Crippen molar-refractivity contribution in [2.45, 2.75) is 6.42 Å². The maximum absolute atomic E-state index is 12.6. The lowest BCUT2D eigenvalue weighted by Gasteiger charge is -2.15. The van der Waals surface area contributed by atoms with Crippen molar-refractivity contribution < 1.29 is 9.21 Å². The standard InChI is InChI=1S/C17H13NO2/c19-17(16-11-13-6-2-4-8-15(13)20-16)18-10-9-12-5-1-3-7-14(12)18/h1-8,11H,9-10H2. The van der Waals surface area contributed by atoms with E-state index in [-0.39, 0.29) is 5.91 Å². The van der Waals surface area contributed by atoms with Crippen LogP contribution in [0.15, 0.2) is 59.0 Å². The Hall–Kier alpha value is -2.55. The van der Waals surface area contributed by atoms with Crippen molar-refractivity contribution in [2.75, 3.05) is 11.4 Å². The summed E-state index contributed by atoms with van der Waals surface area (Å²) in [7, 11) is 0. The maximum atomic E-state index is 12.6. The molecule has 1 aliphatic heterocycles. The molecule has 1 aromatic heterocycles. The molecule has 0 atom stereocenters. The Morgan fingerprint density at radius 1 is 1.05 bits per heavy atom. The van der Waals surface area contributed by atoms with E-state index in [4.69, 9.17) is 4.42 Å². The van der Waals surface area contributed by atoms with E-state index < -0.39 is 0 Å². The largest absolute Gasteiger partial charge is 0.451 e. The van der Waals surface area contributed by atoms with Crippen molar-refractivity contribution in [2.24, 2.45) is 0 Å². The quantitative estimate of drug-likeness (QED) is 0.671. The van der Waals surface area contributed by atoms with Gasteiger partial charge in [-0.3, -0.25) is 4.79 Å². The molecule has 1 aliphatic rings. The van der Waals surface area contributed by atoms with E-state index >= 15 is 0 Å². The number of furan rings is 1. The fourth-order valence-corrected chi connectivity index (χ4v) is 2.77. The van der Waals surface area contributed by atoms with Crippen LogP contribution in [0.5, 0.6) is 0 Å². The lowest BCUT2D eigenvalue weighted by molar-refractivity contribution is 0.0965. The Kier molecular flexibility index (Phi) is 2.39. The van der Waals surface area contributed by atoms with Crippen LogP contribution < -0.4 is 4.90 Å². The first-order chi connectivity index (χ1) is 9.83. The molecule has 0 fully saturated rings. The number of hydrogen-bond acceptors (Lipinski definition) is 2. The molecule has 0 spiro atoms. The normalized spacial score (nSPS) is 13.7. The number of anilines is 1. The first-order valence-corrected chi connectivity index (χ1v) is 6.71. The van der Waals surface area contributed by atoms with E-state index in [9.17, 15) is 4.79 Å². The molecule has 3 heteroatoms. The van der Waals surface area contributed by atoms with Crippen LogP contribution in [0.3, 0.4) is 0 Å². The van der Waals surface area contributed by atoms with Gasteiger partial charge < -0.3 is 9.32 Å². The summed E-state index contributed by atoms with van der Waals surface area (Å²) in [4.78, 5) is 14.4. The minimum absolute atomic E-state index is 0.0637. The van der Waals surface area contributed by atoms with Gasteiger partial charge in [-0.15, -0.1) is 0 Å². The highest BCUT2D eigenvalue weighted by Gasteiger charge is 2.27. The number of hydrogen-bond donors (Lipinski definition) is 0. The highest BCUT2D eigenvalue weighted by molar-refractivity contribution is 6.07. The maximum Gasteiger partial charge on any atom is 0.294 e. The third kappa shape index (κ3) is 1.63. The molecule has 0 saturated carbocycles. The Labute approximate surface area is 116 Å². The molecule has 0 saturated heterocycles. The molecule has 0 unspecified atom stereocenters. The van der Waals surface area contributed by atoms with Crippen LogP contribution in [0.2, 0.25) is 0 Å². The summed E-state index contributed by atoms with van der Waals surface area (Å²) >= 11 is 0. The van der Waals surface area contributed by atoms with Crippen LogP contribution in [-0.4, -0.2) is 12.5 Å². The molecule has 0 N–H and O–H groups in total. The molecule has 3 aromatic rings. The number of rotatable bonds is 1. The second-order valence-electron chi connectivity index (χ2n) is 4.98. The van der Waals surface area contributed by atoms with Gasteiger partial charge in [0.25, 0.3) is 5.91 Å². The van der Waals surface area contributed by atoms with Crippen LogP contribution in [0.4, 0.5) is 5.69 Å².